The normalized spacial score (nSPS) is 21.7. The molecular weight excluding hydrogens is 160 g/mol. The number of hydrogen-bond acceptors (Lipinski definition) is 1. The number of rotatable bonds is 0. The second-order valence-corrected chi connectivity index (χ2v) is 3.79. The summed E-state index contributed by atoms with van der Waals surface area (Å²) < 4.78 is 2.41. The van der Waals surface area contributed by atoms with Crippen molar-refractivity contribution in [2.75, 3.05) is 0 Å². The Kier molecular flexibility index (Phi) is 2.14. The minimum Gasteiger partial charge on any atom is -0.329 e. The minimum atomic E-state index is 0.546. The molecule has 13 heavy (non-hydrogen) atoms. The van der Waals surface area contributed by atoms with Crippen LogP contribution in [0.2, 0.25) is 0 Å². The summed E-state index contributed by atoms with van der Waals surface area (Å²) in [5.74, 6) is 1.31. The van der Waals surface area contributed by atoms with Crippen LogP contribution in [-0.2, 0) is 12.0 Å². The molecule has 0 saturated heterocycles. The molecule has 0 unspecified atom stereocenters. The fourth-order valence-corrected chi connectivity index (χ4v) is 2.28. The molecule has 2 aliphatic rings. The number of aromatic nitrogens is 2. The van der Waals surface area contributed by atoms with Crippen molar-refractivity contribution in [3.63, 3.8) is 0 Å². The third-order valence-electron chi connectivity index (χ3n) is 3.10. The number of hydrogen-bond donors (Lipinski definition) is 0. The maximum atomic E-state index is 4.36. The lowest BCUT2D eigenvalue weighted by atomic mass is 10.0. The molecule has 1 aliphatic carbocycles. The molecule has 1 aromatic rings. The van der Waals surface area contributed by atoms with E-state index in [0.29, 0.717) is 5.54 Å². The predicted octanol–water partition coefficient (Wildman–Crippen LogP) is 2.73. The van der Waals surface area contributed by atoms with Crippen LogP contribution in [0.4, 0.5) is 0 Å². The van der Waals surface area contributed by atoms with E-state index in [-0.39, 0.29) is 0 Å². The van der Waals surface area contributed by atoms with Crippen LogP contribution in [0.15, 0.2) is 12.4 Å². The second-order valence-electron chi connectivity index (χ2n) is 3.79. The van der Waals surface area contributed by atoms with Crippen molar-refractivity contribution in [2.45, 2.75) is 51.5 Å². The fraction of sp³-hybridized carbons (Fsp3) is 0.727. The van der Waals surface area contributed by atoms with Crippen LogP contribution in [0.3, 0.4) is 0 Å². The Labute approximate surface area is 80.0 Å². The van der Waals surface area contributed by atoms with E-state index in [0.717, 1.165) is 0 Å². The van der Waals surface area contributed by atoms with Gasteiger partial charge in [0.1, 0.15) is 5.82 Å². The SMILES string of the molecule is CC.c1cn2c(n1)CCCC21CC1. The van der Waals surface area contributed by atoms with Gasteiger partial charge in [-0.05, 0) is 25.7 Å². The van der Waals surface area contributed by atoms with Crippen molar-refractivity contribution < 1.29 is 0 Å². The molecule has 0 atom stereocenters. The molecule has 1 aromatic heterocycles. The smallest absolute Gasteiger partial charge is 0.109 e. The van der Waals surface area contributed by atoms with E-state index in [4.69, 9.17) is 0 Å². The van der Waals surface area contributed by atoms with E-state index < -0.39 is 0 Å². The van der Waals surface area contributed by atoms with Crippen molar-refractivity contribution in [3.8, 4) is 0 Å². The first-order valence-corrected chi connectivity index (χ1v) is 5.43. The lowest BCUT2D eigenvalue weighted by Gasteiger charge is -2.24. The van der Waals surface area contributed by atoms with Gasteiger partial charge in [-0.25, -0.2) is 4.98 Å². The first-order valence-electron chi connectivity index (χ1n) is 5.43. The maximum absolute atomic E-state index is 4.36. The molecule has 0 aromatic carbocycles. The molecule has 72 valence electrons. The number of nitrogens with zero attached hydrogens (tertiary/aromatic N) is 2. The van der Waals surface area contributed by atoms with E-state index in [1.807, 2.05) is 20.0 Å². The zero-order valence-electron chi connectivity index (χ0n) is 8.58. The summed E-state index contributed by atoms with van der Waals surface area (Å²) in [5, 5.41) is 0. The zero-order valence-corrected chi connectivity index (χ0v) is 8.58. The first kappa shape index (κ1) is 8.79. The Morgan fingerprint density at radius 3 is 2.77 bits per heavy atom. The summed E-state index contributed by atoms with van der Waals surface area (Å²) in [7, 11) is 0. The van der Waals surface area contributed by atoms with Crippen LogP contribution >= 0.6 is 0 Å². The van der Waals surface area contributed by atoms with Crippen LogP contribution in [-0.4, -0.2) is 9.55 Å². The second kappa shape index (κ2) is 3.17. The molecule has 0 N–H and O–H groups in total. The van der Waals surface area contributed by atoms with Crippen LogP contribution < -0.4 is 0 Å². The van der Waals surface area contributed by atoms with Gasteiger partial charge in [0, 0.05) is 24.4 Å². The van der Waals surface area contributed by atoms with Gasteiger partial charge in [0.2, 0.25) is 0 Å². The topological polar surface area (TPSA) is 17.8 Å². The Balaban J connectivity index is 0.000000308. The monoisotopic (exact) mass is 178 g/mol. The molecular formula is C11H18N2. The average molecular weight is 178 g/mol. The van der Waals surface area contributed by atoms with Gasteiger partial charge >= 0.3 is 0 Å². The molecule has 2 nitrogen and oxygen atoms in total. The van der Waals surface area contributed by atoms with Crippen molar-refractivity contribution in [1.82, 2.24) is 9.55 Å². The number of aryl methyl sites for hydroxylation is 1. The summed E-state index contributed by atoms with van der Waals surface area (Å²) in [4.78, 5) is 4.36. The molecule has 1 saturated carbocycles. The van der Waals surface area contributed by atoms with E-state index in [9.17, 15) is 0 Å². The zero-order chi connectivity index (χ0) is 9.31. The molecule has 0 bridgehead atoms. The maximum Gasteiger partial charge on any atom is 0.109 e. The lowest BCUT2D eigenvalue weighted by Crippen LogP contribution is -2.23. The highest BCUT2D eigenvalue weighted by Gasteiger charge is 2.46. The van der Waals surface area contributed by atoms with Crippen molar-refractivity contribution in [3.05, 3.63) is 18.2 Å². The van der Waals surface area contributed by atoms with Crippen LogP contribution in [0.1, 0.15) is 45.4 Å². The summed E-state index contributed by atoms with van der Waals surface area (Å²) >= 11 is 0. The van der Waals surface area contributed by atoms with Crippen LogP contribution in [0, 0.1) is 0 Å². The van der Waals surface area contributed by atoms with Crippen LogP contribution in [0.5, 0.6) is 0 Å². The molecule has 0 amide bonds. The Morgan fingerprint density at radius 2 is 2.08 bits per heavy atom. The standard InChI is InChI=1S/C9H12N2.C2H6/c1-2-8-10-6-7-11(8)9(3-1)4-5-9;1-2/h6-7H,1-5H2;1-2H3. The minimum absolute atomic E-state index is 0.546. The van der Waals surface area contributed by atoms with Gasteiger partial charge < -0.3 is 4.57 Å². The number of imidazole rings is 1. The molecule has 0 radical (unpaired) electrons. The summed E-state index contributed by atoms with van der Waals surface area (Å²) in [5.41, 5.74) is 0.546. The summed E-state index contributed by atoms with van der Waals surface area (Å²) in [6.45, 7) is 4.00. The van der Waals surface area contributed by atoms with Crippen molar-refractivity contribution >= 4 is 0 Å². The van der Waals surface area contributed by atoms with Crippen molar-refractivity contribution in [2.24, 2.45) is 0 Å². The van der Waals surface area contributed by atoms with Crippen LogP contribution in [0.25, 0.3) is 0 Å². The fourth-order valence-electron chi connectivity index (χ4n) is 2.28. The highest BCUT2D eigenvalue weighted by Crippen LogP contribution is 2.50. The highest BCUT2D eigenvalue weighted by atomic mass is 15.2. The third kappa shape index (κ3) is 1.28. The van der Waals surface area contributed by atoms with E-state index in [1.54, 1.807) is 0 Å². The molecule has 3 rings (SSSR count). The van der Waals surface area contributed by atoms with Gasteiger partial charge in [-0.3, -0.25) is 0 Å². The summed E-state index contributed by atoms with van der Waals surface area (Å²) in [6.07, 6.45) is 10.8. The first-order chi connectivity index (χ1) is 6.41. The van der Waals surface area contributed by atoms with Gasteiger partial charge in [0.05, 0.1) is 0 Å². The Bertz CT molecular complexity index is 284. The third-order valence-corrected chi connectivity index (χ3v) is 3.10. The van der Waals surface area contributed by atoms with Gasteiger partial charge in [0.25, 0.3) is 0 Å². The summed E-state index contributed by atoms with van der Waals surface area (Å²) in [6, 6.07) is 0. The Hall–Kier alpha value is -0.790. The van der Waals surface area contributed by atoms with E-state index in [1.165, 1.54) is 37.9 Å². The molecule has 2 heterocycles. The molecule has 1 fully saturated rings. The van der Waals surface area contributed by atoms with Gasteiger partial charge in [0.15, 0.2) is 0 Å². The average Bonchev–Trinajstić information content (AvgIpc) is 2.79. The van der Waals surface area contributed by atoms with Gasteiger partial charge in [-0.15, -0.1) is 0 Å². The van der Waals surface area contributed by atoms with Gasteiger partial charge in [-0.1, -0.05) is 13.8 Å². The molecule has 1 spiro atoms. The lowest BCUT2D eigenvalue weighted by molar-refractivity contribution is 0.374. The predicted molar refractivity (Wildman–Crippen MR) is 53.7 cm³/mol. The largest absolute Gasteiger partial charge is 0.329 e. The molecule has 1 aliphatic heterocycles. The van der Waals surface area contributed by atoms with Gasteiger partial charge in [-0.2, -0.15) is 0 Å². The van der Waals surface area contributed by atoms with E-state index >= 15 is 0 Å². The van der Waals surface area contributed by atoms with Crippen molar-refractivity contribution in [1.29, 1.82) is 0 Å². The van der Waals surface area contributed by atoms with E-state index in [2.05, 4.69) is 15.7 Å². The highest BCUT2D eigenvalue weighted by molar-refractivity contribution is 5.11. The molecule has 2 heteroatoms. The Morgan fingerprint density at radius 1 is 1.31 bits per heavy atom. The quantitative estimate of drug-likeness (QED) is 0.597. The number of fused-ring (bicyclic) bond motifs is 2.